The molecule has 2 heterocycles. The summed E-state index contributed by atoms with van der Waals surface area (Å²) in [6.45, 7) is 6.48. The van der Waals surface area contributed by atoms with E-state index in [-0.39, 0.29) is 17.8 Å². The van der Waals surface area contributed by atoms with Crippen LogP contribution in [0.15, 0.2) is 22.7 Å². The van der Waals surface area contributed by atoms with Crippen molar-refractivity contribution >= 4 is 29.1 Å². The highest BCUT2D eigenvalue weighted by Crippen LogP contribution is 2.27. The molecule has 0 radical (unpaired) electrons. The van der Waals surface area contributed by atoms with Crippen molar-refractivity contribution in [2.24, 2.45) is 0 Å². The molecule has 0 saturated heterocycles. The minimum atomic E-state index is -0.228. The van der Waals surface area contributed by atoms with Crippen molar-refractivity contribution in [3.63, 3.8) is 0 Å². The summed E-state index contributed by atoms with van der Waals surface area (Å²) in [5.41, 5.74) is 0. The van der Waals surface area contributed by atoms with E-state index in [4.69, 9.17) is 4.74 Å². The van der Waals surface area contributed by atoms with Crippen molar-refractivity contribution in [2.75, 3.05) is 5.75 Å². The van der Waals surface area contributed by atoms with E-state index >= 15 is 0 Å². The number of aromatic nitrogens is 3. The van der Waals surface area contributed by atoms with Gasteiger partial charge in [-0.25, -0.2) is 0 Å². The van der Waals surface area contributed by atoms with E-state index in [0.29, 0.717) is 0 Å². The zero-order valence-corrected chi connectivity index (χ0v) is 13.3. The maximum absolute atomic E-state index is 11.6. The summed E-state index contributed by atoms with van der Waals surface area (Å²) in [5.74, 6) is 0.872. The highest BCUT2D eigenvalue weighted by atomic mass is 32.2. The van der Waals surface area contributed by atoms with Crippen LogP contribution in [0.3, 0.4) is 0 Å². The number of carbonyl (C=O) groups is 1. The van der Waals surface area contributed by atoms with Gasteiger partial charge in [0, 0.05) is 6.54 Å². The van der Waals surface area contributed by atoms with Gasteiger partial charge < -0.3 is 9.30 Å². The summed E-state index contributed by atoms with van der Waals surface area (Å²) >= 11 is 2.99. The summed E-state index contributed by atoms with van der Waals surface area (Å²) in [6, 6.07) is 4.00. The molecule has 20 heavy (non-hydrogen) atoms. The molecule has 7 heteroatoms. The van der Waals surface area contributed by atoms with Crippen LogP contribution in [-0.2, 0) is 16.1 Å². The molecular weight excluding hydrogens is 294 g/mol. The van der Waals surface area contributed by atoms with Crippen LogP contribution >= 0.6 is 23.1 Å². The van der Waals surface area contributed by atoms with Gasteiger partial charge in [-0.05, 0) is 32.2 Å². The van der Waals surface area contributed by atoms with Crippen LogP contribution in [0.4, 0.5) is 0 Å². The third-order valence-electron chi connectivity index (χ3n) is 2.46. The third-order valence-corrected chi connectivity index (χ3v) is 4.27. The molecule has 0 spiro atoms. The molecular formula is C13H17N3O2S2. The fourth-order valence-electron chi connectivity index (χ4n) is 1.69. The van der Waals surface area contributed by atoms with Gasteiger partial charge in [-0.3, -0.25) is 4.79 Å². The van der Waals surface area contributed by atoms with Crippen molar-refractivity contribution in [3.05, 3.63) is 17.5 Å². The van der Waals surface area contributed by atoms with E-state index in [0.717, 1.165) is 22.4 Å². The maximum Gasteiger partial charge on any atom is 0.316 e. The Hall–Kier alpha value is -1.34. The molecule has 2 aromatic heterocycles. The van der Waals surface area contributed by atoms with Crippen molar-refractivity contribution in [1.29, 1.82) is 0 Å². The van der Waals surface area contributed by atoms with Gasteiger partial charge in [0.1, 0.15) is 0 Å². The van der Waals surface area contributed by atoms with E-state index < -0.39 is 0 Å². The Morgan fingerprint density at radius 3 is 2.90 bits per heavy atom. The number of rotatable bonds is 6. The van der Waals surface area contributed by atoms with Gasteiger partial charge in [-0.1, -0.05) is 17.8 Å². The summed E-state index contributed by atoms with van der Waals surface area (Å²) in [6.07, 6.45) is -0.0891. The quantitative estimate of drug-likeness (QED) is 0.606. The lowest BCUT2D eigenvalue weighted by Crippen LogP contribution is -2.13. The molecule has 0 aliphatic rings. The highest BCUT2D eigenvalue weighted by Gasteiger charge is 2.15. The topological polar surface area (TPSA) is 57.0 Å². The van der Waals surface area contributed by atoms with E-state index in [9.17, 15) is 4.79 Å². The van der Waals surface area contributed by atoms with Crippen LogP contribution in [-0.4, -0.2) is 32.6 Å². The van der Waals surface area contributed by atoms with Gasteiger partial charge in [0.15, 0.2) is 11.0 Å². The predicted octanol–water partition coefficient (Wildman–Crippen LogP) is 3.07. The highest BCUT2D eigenvalue weighted by molar-refractivity contribution is 7.99. The Kier molecular flexibility index (Phi) is 5.19. The van der Waals surface area contributed by atoms with Crippen molar-refractivity contribution in [3.8, 4) is 10.7 Å². The SMILES string of the molecule is CCn1c(SCC(=O)OC(C)C)nnc1-c1cccs1. The Labute approximate surface area is 126 Å². The molecule has 0 aliphatic carbocycles. The Balaban J connectivity index is 2.08. The molecule has 0 atom stereocenters. The standard InChI is InChI=1S/C13H17N3O2S2/c1-4-16-12(10-6-5-7-19-10)14-15-13(16)20-8-11(17)18-9(2)3/h5-7,9H,4,8H2,1-3H3. The summed E-state index contributed by atoms with van der Waals surface area (Å²) in [7, 11) is 0. The number of hydrogen-bond acceptors (Lipinski definition) is 6. The minimum absolute atomic E-state index is 0.0891. The van der Waals surface area contributed by atoms with Crippen molar-refractivity contribution < 1.29 is 9.53 Å². The van der Waals surface area contributed by atoms with Gasteiger partial charge in [-0.2, -0.15) is 0 Å². The number of thiophene rings is 1. The number of thioether (sulfide) groups is 1. The lowest BCUT2D eigenvalue weighted by Gasteiger charge is -2.08. The normalized spacial score (nSPS) is 11.0. The summed E-state index contributed by atoms with van der Waals surface area (Å²) in [5, 5.41) is 11.1. The Bertz CT molecular complexity index is 564. The van der Waals surface area contributed by atoms with Crippen LogP contribution in [0.1, 0.15) is 20.8 Å². The number of hydrogen-bond donors (Lipinski definition) is 0. The molecule has 0 aliphatic heterocycles. The van der Waals surface area contributed by atoms with Gasteiger partial charge in [0.05, 0.1) is 16.7 Å². The molecule has 0 aromatic carbocycles. The first-order valence-electron chi connectivity index (χ1n) is 6.41. The van der Waals surface area contributed by atoms with E-state index in [2.05, 4.69) is 10.2 Å². The average Bonchev–Trinajstić information content (AvgIpc) is 3.03. The first-order valence-corrected chi connectivity index (χ1v) is 8.27. The molecule has 5 nitrogen and oxygen atoms in total. The molecule has 108 valence electrons. The van der Waals surface area contributed by atoms with Crippen molar-refractivity contribution in [2.45, 2.75) is 38.6 Å². The second-order valence-corrected chi connectivity index (χ2v) is 6.25. The number of nitrogens with zero attached hydrogens (tertiary/aromatic N) is 3. The second kappa shape index (κ2) is 6.90. The van der Waals surface area contributed by atoms with E-state index in [1.165, 1.54) is 11.8 Å². The molecule has 0 N–H and O–H groups in total. The van der Waals surface area contributed by atoms with E-state index in [1.807, 2.05) is 42.9 Å². The second-order valence-electron chi connectivity index (χ2n) is 4.36. The first-order chi connectivity index (χ1) is 9.61. The molecule has 0 fully saturated rings. The molecule has 0 bridgehead atoms. The van der Waals surface area contributed by atoms with Crippen LogP contribution in [0, 0.1) is 0 Å². The molecule has 0 amide bonds. The minimum Gasteiger partial charge on any atom is -0.462 e. The predicted molar refractivity (Wildman–Crippen MR) is 81.0 cm³/mol. The Morgan fingerprint density at radius 2 is 2.30 bits per heavy atom. The van der Waals surface area contributed by atoms with Gasteiger partial charge in [0.2, 0.25) is 0 Å². The lowest BCUT2D eigenvalue weighted by atomic mass is 10.4. The Morgan fingerprint density at radius 1 is 1.50 bits per heavy atom. The van der Waals surface area contributed by atoms with Crippen LogP contribution < -0.4 is 0 Å². The largest absolute Gasteiger partial charge is 0.462 e. The van der Waals surface area contributed by atoms with Crippen LogP contribution in [0.2, 0.25) is 0 Å². The number of ether oxygens (including phenoxy) is 1. The maximum atomic E-state index is 11.6. The average molecular weight is 311 g/mol. The molecule has 2 rings (SSSR count). The molecule has 2 aromatic rings. The monoisotopic (exact) mass is 311 g/mol. The van der Waals surface area contributed by atoms with Crippen LogP contribution in [0.5, 0.6) is 0 Å². The third kappa shape index (κ3) is 3.61. The lowest BCUT2D eigenvalue weighted by molar-refractivity contribution is -0.144. The van der Waals surface area contributed by atoms with Gasteiger partial charge >= 0.3 is 5.97 Å². The number of esters is 1. The fraction of sp³-hybridized carbons (Fsp3) is 0.462. The van der Waals surface area contributed by atoms with Gasteiger partial charge in [-0.15, -0.1) is 21.5 Å². The fourth-order valence-corrected chi connectivity index (χ4v) is 3.19. The van der Waals surface area contributed by atoms with E-state index in [1.54, 1.807) is 11.3 Å². The smallest absolute Gasteiger partial charge is 0.316 e. The molecule has 0 saturated carbocycles. The zero-order valence-electron chi connectivity index (χ0n) is 11.7. The summed E-state index contributed by atoms with van der Waals surface area (Å²) < 4.78 is 7.12. The summed E-state index contributed by atoms with van der Waals surface area (Å²) in [4.78, 5) is 12.6. The zero-order chi connectivity index (χ0) is 14.5. The van der Waals surface area contributed by atoms with Crippen LogP contribution in [0.25, 0.3) is 10.7 Å². The first kappa shape index (κ1) is 15.1. The van der Waals surface area contributed by atoms with Gasteiger partial charge in [0.25, 0.3) is 0 Å². The molecule has 0 unspecified atom stereocenters. The number of carbonyl (C=O) groups excluding carboxylic acids is 1. The van der Waals surface area contributed by atoms with Crippen molar-refractivity contribution in [1.82, 2.24) is 14.8 Å².